The van der Waals surface area contributed by atoms with Crippen LogP contribution in [0.1, 0.15) is 33.2 Å². The summed E-state index contributed by atoms with van der Waals surface area (Å²) in [4.78, 5) is 16.0. The number of rotatable bonds is 7. The molecule has 0 aliphatic carbocycles. The molecule has 2 rings (SSSR count). The number of carbonyl (C=O) groups is 1. The Bertz CT molecular complexity index is 455. The lowest BCUT2D eigenvalue weighted by Gasteiger charge is -2.22. The summed E-state index contributed by atoms with van der Waals surface area (Å²) in [6.07, 6.45) is 3.09. The Kier molecular flexibility index (Phi) is 5.76. The van der Waals surface area contributed by atoms with Gasteiger partial charge in [-0.2, -0.15) is 5.10 Å². The Morgan fingerprint density at radius 1 is 1.48 bits per heavy atom. The second kappa shape index (κ2) is 7.56. The maximum atomic E-state index is 11.0. The fourth-order valence-electron chi connectivity index (χ4n) is 2.84. The van der Waals surface area contributed by atoms with Gasteiger partial charge in [0, 0.05) is 45.4 Å². The molecule has 1 amide bonds. The van der Waals surface area contributed by atoms with Gasteiger partial charge in [0.1, 0.15) is 0 Å². The van der Waals surface area contributed by atoms with Crippen LogP contribution in [0.4, 0.5) is 5.82 Å². The summed E-state index contributed by atoms with van der Waals surface area (Å²) in [5.41, 5.74) is 0. The van der Waals surface area contributed by atoms with Crippen molar-refractivity contribution >= 4 is 11.7 Å². The number of hydrogen-bond donors (Lipinski definition) is 1. The first-order valence-electron chi connectivity index (χ1n) is 7.89. The molecule has 0 radical (unpaired) electrons. The zero-order chi connectivity index (χ0) is 15.2. The van der Waals surface area contributed by atoms with Crippen LogP contribution in [0, 0.1) is 0 Å². The van der Waals surface area contributed by atoms with Gasteiger partial charge in [-0.15, -0.1) is 0 Å². The van der Waals surface area contributed by atoms with Crippen LogP contribution in [0.15, 0.2) is 12.3 Å². The summed E-state index contributed by atoms with van der Waals surface area (Å²) in [6, 6.07) is 2.28. The molecule has 0 aromatic carbocycles. The molecule has 118 valence electrons. The molecule has 2 heterocycles. The minimum absolute atomic E-state index is 0.0764. The highest BCUT2D eigenvalue weighted by molar-refractivity contribution is 5.87. The zero-order valence-corrected chi connectivity index (χ0v) is 13.4. The molecular formula is C15H27N5O. The zero-order valence-electron chi connectivity index (χ0n) is 13.4. The van der Waals surface area contributed by atoms with Crippen LogP contribution in [-0.2, 0) is 4.79 Å². The van der Waals surface area contributed by atoms with Crippen LogP contribution in [0.25, 0.3) is 0 Å². The first kappa shape index (κ1) is 16.0. The van der Waals surface area contributed by atoms with Gasteiger partial charge in [-0.1, -0.05) is 13.8 Å². The van der Waals surface area contributed by atoms with Crippen molar-refractivity contribution in [1.82, 2.24) is 19.6 Å². The van der Waals surface area contributed by atoms with E-state index in [1.807, 2.05) is 16.9 Å². The van der Waals surface area contributed by atoms with Crippen molar-refractivity contribution in [3.63, 3.8) is 0 Å². The van der Waals surface area contributed by atoms with E-state index in [0.717, 1.165) is 45.7 Å². The highest BCUT2D eigenvalue weighted by atomic mass is 16.1. The van der Waals surface area contributed by atoms with Crippen molar-refractivity contribution in [3.8, 4) is 0 Å². The van der Waals surface area contributed by atoms with Crippen LogP contribution < -0.4 is 5.32 Å². The van der Waals surface area contributed by atoms with Gasteiger partial charge < -0.3 is 10.2 Å². The summed E-state index contributed by atoms with van der Waals surface area (Å²) < 4.78 is 1.99. The molecule has 21 heavy (non-hydrogen) atoms. The first-order valence-corrected chi connectivity index (χ1v) is 7.89. The van der Waals surface area contributed by atoms with Gasteiger partial charge in [0.05, 0.1) is 6.04 Å². The lowest BCUT2D eigenvalue weighted by atomic mass is 10.3. The summed E-state index contributed by atoms with van der Waals surface area (Å²) >= 11 is 0. The SMILES string of the molecule is CCN(CC)CCN1CCC(n2ccc(NC(C)=O)n2)C1. The summed E-state index contributed by atoms with van der Waals surface area (Å²) in [5.74, 6) is 0.566. The Morgan fingerprint density at radius 3 is 2.90 bits per heavy atom. The van der Waals surface area contributed by atoms with Crippen LogP contribution in [0.5, 0.6) is 0 Å². The molecular weight excluding hydrogens is 266 g/mol. The van der Waals surface area contributed by atoms with Gasteiger partial charge in [0.2, 0.25) is 5.91 Å². The predicted molar refractivity (Wildman–Crippen MR) is 84.4 cm³/mol. The van der Waals surface area contributed by atoms with E-state index >= 15 is 0 Å². The van der Waals surface area contributed by atoms with Crippen molar-refractivity contribution in [2.24, 2.45) is 0 Å². The average Bonchev–Trinajstić information content (AvgIpc) is 3.08. The molecule has 6 heteroatoms. The Labute approximate surface area is 127 Å². The lowest BCUT2D eigenvalue weighted by molar-refractivity contribution is -0.114. The number of anilines is 1. The average molecular weight is 293 g/mol. The molecule has 1 atom stereocenters. The van der Waals surface area contributed by atoms with Gasteiger partial charge in [-0.05, 0) is 19.5 Å². The molecule has 0 bridgehead atoms. The molecule has 0 spiro atoms. The van der Waals surface area contributed by atoms with Crippen LogP contribution >= 0.6 is 0 Å². The highest BCUT2D eigenvalue weighted by Gasteiger charge is 2.24. The minimum Gasteiger partial charge on any atom is -0.309 e. The van der Waals surface area contributed by atoms with Gasteiger partial charge in [-0.3, -0.25) is 14.4 Å². The summed E-state index contributed by atoms with van der Waals surface area (Å²) in [6.45, 7) is 12.6. The topological polar surface area (TPSA) is 53.4 Å². The predicted octanol–water partition coefficient (Wildman–Crippen LogP) is 1.43. The van der Waals surface area contributed by atoms with Crippen molar-refractivity contribution in [2.45, 2.75) is 33.2 Å². The molecule has 1 aliphatic heterocycles. The van der Waals surface area contributed by atoms with E-state index < -0.39 is 0 Å². The molecule has 6 nitrogen and oxygen atoms in total. The number of likely N-dealkylation sites (tertiary alicyclic amines) is 1. The molecule has 1 N–H and O–H groups in total. The normalized spacial score (nSPS) is 19.3. The van der Waals surface area contributed by atoms with Crippen molar-refractivity contribution < 1.29 is 4.79 Å². The fraction of sp³-hybridized carbons (Fsp3) is 0.733. The number of amides is 1. The van der Waals surface area contributed by atoms with Crippen molar-refractivity contribution in [1.29, 1.82) is 0 Å². The maximum absolute atomic E-state index is 11.0. The van der Waals surface area contributed by atoms with Gasteiger partial charge in [-0.25, -0.2) is 0 Å². The third kappa shape index (κ3) is 4.54. The van der Waals surface area contributed by atoms with Crippen LogP contribution in [-0.4, -0.2) is 64.8 Å². The van der Waals surface area contributed by atoms with E-state index in [9.17, 15) is 4.79 Å². The quantitative estimate of drug-likeness (QED) is 0.826. The third-order valence-electron chi connectivity index (χ3n) is 4.16. The number of carbonyl (C=O) groups excluding carboxylic acids is 1. The molecule has 0 saturated carbocycles. The molecule has 1 fully saturated rings. The van der Waals surface area contributed by atoms with Crippen LogP contribution in [0.3, 0.4) is 0 Å². The van der Waals surface area contributed by atoms with Gasteiger partial charge in [0.25, 0.3) is 0 Å². The van der Waals surface area contributed by atoms with Crippen molar-refractivity contribution in [3.05, 3.63) is 12.3 Å². The fourth-order valence-corrected chi connectivity index (χ4v) is 2.84. The third-order valence-corrected chi connectivity index (χ3v) is 4.16. The Hall–Kier alpha value is -1.40. The Morgan fingerprint density at radius 2 is 2.24 bits per heavy atom. The molecule has 1 aromatic rings. The highest BCUT2D eigenvalue weighted by Crippen LogP contribution is 2.21. The van der Waals surface area contributed by atoms with Crippen molar-refractivity contribution in [2.75, 3.05) is 44.6 Å². The standard InChI is InChI=1S/C15H27N5O/c1-4-18(5-2)10-11-19-8-6-14(12-19)20-9-7-15(17-20)16-13(3)21/h7,9,14H,4-6,8,10-12H2,1-3H3,(H,16,17,21). The molecule has 1 aliphatic rings. The Balaban J connectivity index is 1.81. The number of likely N-dealkylation sites (N-methyl/N-ethyl adjacent to an activating group) is 1. The number of nitrogens with zero attached hydrogens (tertiary/aromatic N) is 4. The molecule has 1 aromatic heterocycles. The number of nitrogens with one attached hydrogen (secondary N) is 1. The van der Waals surface area contributed by atoms with Gasteiger partial charge in [0.15, 0.2) is 5.82 Å². The summed E-state index contributed by atoms with van der Waals surface area (Å²) in [5, 5.41) is 7.17. The second-order valence-corrected chi connectivity index (χ2v) is 5.63. The van der Waals surface area contributed by atoms with E-state index in [1.54, 1.807) is 0 Å². The van der Waals surface area contributed by atoms with E-state index in [4.69, 9.17) is 0 Å². The monoisotopic (exact) mass is 293 g/mol. The summed E-state index contributed by atoms with van der Waals surface area (Å²) in [7, 11) is 0. The number of aromatic nitrogens is 2. The lowest BCUT2D eigenvalue weighted by Crippen LogP contribution is -2.34. The van der Waals surface area contributed by atoms with E-state index in [1.165, 1.54) is 6.92 Å². The van der Waals surface area contributed by atoms with Gasteiger partial charge >= 0.3 is 0 Å². The van der Waals surface area contributed by atoms with E-state index in [-0.39, 0.29) is 5.91 Å². The minimum atomic E-state index is -0.0764. The van der Waals surface area contributed by atoms with E-state index in [0.29, 0.717) is 11.9 Å². The maximum Gasteiger partial charge on any atom is 0.222 e. The van der Waals surface area contributed by atoms with Crippen LogP contribution in [0.2, 0.25) is 0 Å². The largest absolute Gasteiger partial charge is 0.309 e. The molecule has 1 saturated heterocycles. The molecule has 1 unspecified atom stereocenters. The first-order chi connectivity index (χ1) is 10.1. The second-order valence-electron chi connectivity index (χ2n) is 5.63. The smallest absolute Gasteiger partial charge is 0.222 e. The van der Waals surface area contributed by atoms with E-state index in [2.05, 4.69) is 34.1 Å². The number of hydrogen-bond acceptors (Lipinski definition) is 4.